The van der Waals surface area contributed by atoms with Gasteiger partial charge >= 0.3 is 0 Å². The van der Waals surface area contributed by atoms with Gasteiger partial charge in [-0.05, 0) is 55.0 Å². The Hall–Kier alpha value is -3.77. The second-order valence-corrected chi connectivity index (χ2v) is 5.80. The highest BCUT2D eigenvalue weighted by Crippen LogP contribution is 2.18. The number of amides is 2. The van der Waals surface area contributed by atoms with Crippen molar-refractivity contribution in [3.8, 4) is 5.75 Å². The molecule has 0 radical (unpaired) electrons. The number of rotatable bonds is 10. The molecule has 2 aromatic rings. The van der Waals surface area contributed by atoms with Gasteiger partial charge in [0.05, 0.1) is 18.8 Å². The molecule has 0 heterocycles. The number of nitrogens with two attached hydrogens (primary N) is 1. The van der Waals surface area contributed by atoms with E-state index in [1.165, 1.54) is 6.08 Å². The van der Waals surface area contributed by atoms with E-state index in [4.69, 9.17) is 10.5 Å². The van der Waals surface area contributed by atoms with Gasteiger partial charge in [-0.3, -0.25) is 14.4 Å². The zero-order valence-electron chi connectivity index (χ0n) is 15.0. The minimum atomic E-state index is -0.593. The van der Waals surface area contributed by atoms with Gasteiger partial charge in [0.2, 0.25) is 17.9 Å². The molecule has 144 valence electrons. The quantitative estimate of drug-likeness (QED) is 0.280. The Morgan fingerprint density at radius 2 is 1.61 bits per heavy atom. The fourth-order valence-electron chi connectivity index (χ4n) is 2.31. The van der Waals surface area contributed by atoms with E-state index in [0.29, 0.717) is 35.6 Å². The van der Waals surface area contributed by atoms with Crippen LogP contribution < -0.4 is 15.8 Å². The fourth-order valence-corrected chi connectivity index (χ4v) is 2.31. The molecule has 0 aliphatic carbocycles. The molecule has 0 saturated carbocycles. The highest BCUT2D eigenvalue weighted by Gasteiger charge is 2.09. The third kappa shape index (κ3) is 6.51. The first-order chi connectivity index (χ1) is 13.5. The van der Waals surface area contributed by atoms with Gasteiger partial charge in [-0.2, -0.15) is 4.99 Å². The van der Waals surface area contributed by atoms with Gasteiger partial charge in [0, 0.05) is 17.5 Å². The average molecular weight is 381 g/mol. The van der Waals surface area contributed by atoms with Crippen molar-refractivity contribution in [2.75, 3.05) is 13.2 Å². The smallest absolute Gasteiger partial charge is 0.240 e. The van der Waals surface area contributed by atoms with Gasteiger partial charge in [-0.25, -0.2) is 4.79 Å². The first kappa shape index (κ1) is 20.5. The van der Waals surface area contributed by atoms with E-state index in [0.717, 1.165) is 0 Å². The van der Waals surface area contributed by atoms with Gasteiger partial charge in [-0.15, -0.1) is 0 Å². The molecule has 0 atom stereocenters. The van der Waals surface area contributed by atoms with Crippen LogP contribution in [0.15, 0.2) is 53.5 Å². The molecule has 3 N–H and O–H groups in total. The summed E-state index contributed by atoms with van der Waals surface area (Å²) in [6.07, 6.45) is 2.13. The topological polar surface area (TPSA) is 128 Å². The molecular formula is C20H19N3O5. The second-order valence-electron chi connectivity index (χ2n) is 5.80. The number of isocyanates is 1. The summed E-state index contributed by atoms with van der Waals surface area (Å²) in [6, 6.07) is 12.9. The Balaban J connectivity index is 1.82. The molecule has 0 aliphatic heterocycles. The van der Waals surface area contributed by atoms with Crippen LogP contribution in [0.5, 0.6) is 5.75 Å². The van der Waals surface area contributed by atoms with Crippen molar-refractivity contribution in [3.05, 3.63) is 59.7 Å². The summed E-state index contributed by atoms with van der Waals surface area (Å²) >= 11 is 0. The number of nitrogens with zero attached hydrogens (tertiary/aromatic N) is 1. The van der Waals surface area contributed by atoms with E-state index >= 15 is 0 Å². The summed E-state index contributed by atoms with van der Waals surface area (Å²) in [7, 11) is 0. The molecule has 28 heavy (non-hydrogen) atoms. The fraction of sp³-hybridized carbons (Fsp3) is 0.200. The Morgan fingerprint density at radius 1 is 1.00 bits per heavy atom. The number of carbonyl (C=O) groups excluding carboxylic acids is 4. The lowest BCUT2D eigenvalue weighted by molar-refractivity contribution is -0.124. The molecule has 2 rings (SSSR count). The molecule has 0 aliphatic rings. The Kier molecular flexibility index (Phi) is 7.63. The minimum absolute atomic E-state index is 0.167. The third-order valence-corrected chi connectivity index (χ3v) is 3.70. The monoisotopic (exact) mass is 381 g/mol. The zero-order valence-corrected chi connectivity index (χ0v) is 15.0. The van der Waals surface area contributed by atoms with Crippen LogP contribution in [0.3, 0.4) is 0 Å². The number of nitrogens with one attached hydrogen (secondary N) is 1. The number of aliphatic imine (C=N–C) groups is 1. The van der Waals surface area contributed by atoms with E-state index in [1.807, 2.05) is 0 Å². The maximum atomic E-state index is 12.4. The Labute approximate surface area is 161 Å². The number of carbonyl (C=O) groups is 3. The maximum Gasteiger partial charge on any atom is 0.240 e. The number of benzene rings is 2. The van der Waals surface area contributed by atoms with Gasteiger partial charge in [0.1, 0.15) is 5.75 Å². The highest BCUT2D eigenvalue weighted by molar-refractivity contribution is 6.09. The Bertz CT molecular complexity index is 885. The first-order valence-corrected chi connectivity index (χ1v) is 8.50. The van der Waals surface area contributed by atoms with Crippen molar-refractivity contribution in [2.45, 2.75) is 12.8 Å². The summed E-state index contributed by atoms with van der Waals surface area (Å²) in [6.45, 7) is 0.137. The molecule has 0 aromatic heterocycles. The molecule has 8 heteroatoms. The maximum absolute atomic E-state index is 12.4. The predicted octanol–water partition coefficient (Wildman–Crippen LogP) is 1.65. The normalized spacial score (nSPS) is 9.86. The van der Waals surface area contributed by atoms with Crippen molar-refractivity contribution >= 4 is 29.4 Å². The van der Waals surface area contributed by atoms with Crippen LogP contribution in [0.25, 0.3) is 0 Å². The van der Waals surface area contributed by atoms with Gasteiger partial charge in [0.25, 0.3) is 0 Å². The van der Waals surface area contributed by atoms with Gasteiger partial charge < -0.3 is 15.8 Å². The second kappa shape index (κ2) is 10.4. The molecule has 0 unspecified atom stereocenters. The lowest BCUT2D eigenvalue weighted by atomic mass is 10.0. The molecule has 2 aromatic carbocycles. The summed E-state index contributed by atoms with van der Waals surface area (Å²) in [4.78, 5) is 48.1. The summed E-state index contributed by atoms with van der Waals surface area (Å²) in [5, 5.41) is 2.40. The van der Waals surface area contributed by atoms with E-state index in [1.54, 1.807) is 48.5 Å². The third-order valence-electron chi connectivity index (χ3n) is 3.70. The molecular weight excluding hydrogens is 362 g/mol. The van der Waals surface area contributed by atoms with Crippen molar-refractivity contribution in [3.63, 3.8) is 0 Å². The Morgan fingerprint density at radius 3 is 2.18 bits per heavy atom. The zero-order chi connectivity index (χ0) is 20.4. The lowest BCUT2D eigenvalue weighted by Gasteiger charge is -2.07. The van der Waals surface area contributed by atoms with Crippen LogP contribution in [0, 0.1) is 0 Å². The van der Waals surface area contributed by atoms with Crippen molar-refractivity contribution < 1.29 is 23.9 Å². The molecule has 0 saturated heterocycles. The molecule has 8 nitrogen and oxygen atoms in total. The number of ether oxygens (including phenoxy) is 1. The van der Waals surface area contributed by atoms with Crippen LogP contribution in [0.4, 0.5) is 5.69 Å². The molecule has 0 fully saturated rings. The summed E-state index contributed by atoms with van der Waals surface area (Å²) in [5.74, 6) is -0.457. The molecule has 0 bridgehead atoms. The van der Waals surface area contributed by atoms with Gasteiger partial charge in [-0.1, -0.05) is 0 Å². The standard InChI is InChI=1S/C20H19N3O5/c21-18(25)12-22-19(26)2-1-11-28-17-9-5-15(6-10-17)20(27)14-3-7-16(8-4-14)23-13-24/h3-10H,1-2,11-12H2,(H2,21,25)(H,22,26). The van der Waals surface area contributed by atoms with E-state index < -0.39 is 5.91 Å². The lowest BCUT2D eigenvalue weighted by Crippen LogP contribution is -2.33. The summed E-state index contributed by atoms with van der Waals surface area (Å²) in [5.41, 5.74) is 6.33. The van der Waals surface area contributed by atoms with Gasteiger partial charge in [0.15, 0.2) is 5.78 Å². The van der Waals surface area contributed by atoms with Crippen molar-refractivity contribution in [1.82, 2.24) is 5.32 Å². The number of ketones is 1. The van der Waals surface area contributed by atoms with Crippen LogP contribution >= 0.6 is 0 Å². The average Bonchev–Trinajstić information content (AvgIpc) is 2.70. The molecule has 2 amide bonds. The molecule has 0 spiro atoms. The number of hydrogen-bond acceptors (Lipinski definition) is 6. The van der Waals surface area contributed by atoms with E-state index in [9.17, 15) is 19.2 Å². The predicted molar refractivity (Wildman–Crippen MR) is 101 cm³/mol. The van der Waals surface area contributed by atoms with Crippen LogP contribution in [-0.4, -0.2) is 36.8 Å². The van der Waals surface area contributed by atoms with E-state index in [2.05, 4.69) is 10.3 Å². The number of hydrogen-bond donors (Lipinski definition) is 2. The highest BCUT2D eigenvalue weighted by atomic mass is 16.5. The first-order valence-electron chi connectivity index (χ1n) is 8.50. The van der Waals surface area contributed by atoms with Crippen LogP contribution in [0.1, 0.15) is 28.8 Å². The van der Waals surface area contributed by atoms with Crippen molar-refractivity contribution in [1.29, 1.82) is 0 Å². The minimum Gasteiger partial charge on any atom is -0.494 e. The van der Waals surface area contributed by atoms with Crippen LogP contribution in [-0.2, 0) is 14.4 Å². The van der Waals surface area contributed by atoms with E-state index in [-0.39, 0.29) is 24.7 Å². The SMILES string of the molecule is NC(=O)CNC(=O)CCCOc1ccc(C(=O)c2ccc(N=C=O)cc2)cc1. The van der Waals surface area contributed by atoms with Crippen LogP contribution in [0.2, 0.25) is 0 Å². The largest absolute Gasteiger partial charge is 0.494 e. The van der Waals surface area contributed by atoms with Crippen molar-refractivity contribution in [2.24, 2.45) is 10.7 Å². The number of primary amides is 1. The summed E-state index contributed by atoms with van der Waals surface area (Å²) < 4.78 is 5.53.